The molecule has 0 fully saturated rings. The second kappa shape index (κ2) is 2.31. The highest BCUT2D eigenvalue weighted by atomic mass is 35.5. The first-order valence-corrected chi connectivity index (χ1v) is 4.18. The number of halogens is 1. The van der Waals surface area contributed by atoms with Crippen LogP contribution in [0, 0.1) is 0 Å². The molecule has 1 aliphatic heterocycles. The van der Waals surface area contributed by atoms with Gasteiger partial charge in [-0.25, -0.2) is 4.79 Å². The molecular weight excluding hydrogens is 196 g/mol. The SMILES string of the molecule is O=C(Cl)C1=CS(=O)(=O)OC1=O. The average molecular weight is 197 g/mol. The highest BCUT2D eigenvalue weighted by Crippen LogP contribution is 2.16. The Hall–Kier alpha value is -0.880. The zero-order chi connectivity index (χ0) is 8.65. The number of carbonyl (C=O) groups is 2. The fourth-order valence-corrected chi connectivity index (χ4v) is 1.53. The van der Waals surface area contributed by atoms with Crippen LogP contribution in [0.5, 0.6) is 0 Å². The van der Waals surface area contributed by atoms with E-state index in [4.69, 9.17) is 11.6 Å². The van der Waals surface area contributed by atoms with Crippen molar-refractivity contribution in [3.05, 3.63) is 11.0 Å². The van der Waals surface area contributed by atoms with Crippen molar-refractivity contribution in [3.63, 3.8) is 0 Å². The van der Waals surface area contributed by atoms with Gasteiger partial charge in [-0.3, -0.25) is 4.79 Å². The topological polar surface area (TPSA) is 77.5 Å². The van der Waals surface area contributed by atoms with E-state index in [2.05, 4.69) is 4.18 Å². The first-order chi connectivity index (χ1) is 4.92. The van der Waals surface area contributed by atoms with Gasteiger partial charge in [-0.05, 0) is 11.6 Å². The monoisotopic (exact) mass is 196 g/mol. The Morgan fingerprint density at radius 3 is 2.27 bits per heavy atom. The summed E-state index contributed by atoms with van der Waals surface area (Å²) in [6, 6.07) is 0. The number of carbonyl (C=O) groups excluding carboxylic acids is 2. The summed E-state index contributed by atoms with van der Waals surface area (Å²) in [5.41, 5.74) is -0.660. The minimum Gasteiger partial charge on any atom is -0.338 e. The number of rotatable bonds is 1. The highest BCUT2D eigenvalue weighted by Gasteiger charge is 2.32. The van der Waals surface area contributed by atoms with Crippen LogP contribution >= 0.6 is 11.6 Å². The molecule has 0 atom stereocenters. The fourth-order valence-electron chi connectivity index (χ4n) is 0.493. The summed E-state index contributed by atoms with van der Waals surface area (Å²) in [4.78, 5) is 20.7. The van der Waals surface area contributed by atoms with Gasteiger partial charge < -0.3 is 4.18 Å². The van der Waals surface area contributed by atoms with Crippen molar-refractivity contribution in [2.45, 2.75) is 0 Å². The van der Waals surface area contributed by atoms with E-state index in [0.29, 0.717) is 5.41 Å². The van der Waals surface area contributed by atoms with E-state index >= 15 is 0 Å². The summed E-state index contributed by atoms with van der Waals surface area (Å²) in [7, 11) is -4.01. The maximum absolute atomic E-state index is 10.5. The molecule has 0 bridgehead atoms. The molecule has 0 aromatic heterocycles. The molecule has 0 N–H and O–H groups in total. The van der Waals surface area contributed by atoms with Gasteiger partial charge in [0.05, 0.1) is 5.41 Å². The average Bonchev–Trinajstić information content (AvgIpc) is 2.05. The first-order valence-electron chi connectivity index (χ1n) is 2.33. The molecule has 1 rings (SSSR count). The van der Waals surface area contributed by atoms with Crippen LogP contribution in [0.4, 0.5) is 0 Å². The van der Waals surface area contributed by atoms with E-state index in [-0.39, 0.29) is 0 Å². The largest absolute Gasteiger partial charge is 0.359 e. The van der Waals surface area contributed by atoms with Crippen molar-refractivity contribution in [2.75, 3.05) is 0 Å². The summed E-state index contributed by atoms with van der Waals surface area (Å²) in [6.45, 7) is 0. The number of hydrogen-bond donors (Lipinski definition) is 0. The van der Waals surface area contributed by atoms with Gasteiger partial charge in [0.2, 0.25) is 0 Å². The van der Waals surface area contributed by atoms with Gasteiger partial charge in [0, 0.05) is 0 Å². The van der Waals surface area contributed by atoms with Crippen molar-refractivity contribution in [1.29, 1.82) is 0 Å². The molecule has 60 valence electrons. The van der Waals surface area contributed by atoms with Crippen LogP contribution in [0.3, 0.4) is 0 Å². The second-order valence-electron chi connectivity index (χ2n) is 1.67. The smallest absolute Gasteiger partial charge is 0.338 e. The molecule has 7 heteroatoms. The van der Waals surface area contributed by atoms with Gasteiger partial charge in [0.15, 0.2) is 0 Å². The minimum atomic E-state index is -4.01. The molecule has 1 aliphatic rings. The Bertz CT molecular complexity index is 351. The van der Waals surface area contributed by atoms with Gasteiger partial charge in [-0.1, -0.05) is 0 Å². The lowest BCUT2D eigenvalue weighted by Crippen LogP contribution is -2.05. The molecule has 0 aromatic rings. The third-order valence-electron chi connectivity index (χ3n) is 0.886. The maximum atomic E-state index is 10.5. The Labute approximate surface area is 66.7 Å². The minimum absolute atomic E-state index is 0.394. The zero-order valence-corrected chi connectivity index (χ0v) is 6.48. The molecule has 0 aromatic carbocycles. The van der Waals surface area contributed by atoms with Crippen molar-refractivity contribution >= 4 is 32.9 Å². The van der Waals surface area contributed by atoms with Crippen molar-refractivity contribution < 1.29 is 22.2 Å². The summed E-state index contributed by atoms with van der Waals surface area (Å²) >= 11 is 4.83. The standard InChI is InChI=1S/C4HClO5S/c5-3(6)2-1-11(8,9)10-4(2)7/h1H. The van der Waals surface area contributed by atoms with Crippen molar-refractivity contribution in [2.24, 2.45) is 0 Å². The Kier molecular flexibility index (Phi) is 1.73. The lowest BCUT2D eigenvalue weighted by atomic mass is 10.3. The van der Waals surface area contributed by atoms with Crippen LogP contribution in [0.1, 0.15) is 0 Å². The van der Waals surface area contributed by atoms with E-state index in [9.17, 15) is 18.0 Å². The fraction of sp³-hybridized carbons (Fsp3) is 0. The third-order valence-corrected chi connectivity index (χ3v) is 2.00. The maximum Gasteiger partial charge on any atom is 0.359 e. The van der Waals surface area contributed by atoms with Crippen LogP contribution in [-0.2, 0) is 23.9 Å². The third kappa shape index (κ3) is 1.58. The molecule has 5 nitrogen and oxygen atoms in total. The number of hydrogen-bond acceptors (Lipinski definition) is 5. The lowest BCUT2D eigenvalue weighted by molar-refractivity contribution is -0.130. The van der Waals surface area contributed by atoms with E-state index < -0.39 is 26.9 Å². The van der Waals surface area contributed by atoms with Crippen molar-refractivity contribution in [3.8, 4) is 0 Å². The summed E-state index contributed by atoms with van der Waals surface area (Å²) < 4.78 is 24.6. The van der Waals surface area contributed by atoms with Crippen LogP contribution < -0.4 is 0 Å². The van der Waals surface area contributed by atoms with E-state index in [1.54, 1.807) is 0 Å². The summed E-state index contributed by atoms with van der Waals surface area (Å²) in [6.07, 6.45) is 0. The zero-order valence-electron chi connectivity index (χ0n) is 4.90. The molecule has 0 saturated carbocycles. The molecule has 0 saturated heterocycles. The molecular formula is C4HClO5S. The summed E-state index contributed by atoms with van der Waals surface area (Å²) in [5.74, 6) is -1.23. The van der Waals surface area contributed by atoms with Gasteiger partial charge in [-0.15, -0.1) is 0 Å². The molecule has 1 heterocycles. The first kappa shape index (κ1) is 8.22. The molecule has 0 spiro atoms. The van der Waals surface area contributed by atoms with E-state index in [1.165, 1.54) is 0 Å². The normalized spacial score (nSPS) is 20.8. The summed E-state index contributed by atoms with van der Waals surface area (Å²) in [5, 5.41) is -0.749. The van der Waals surface area contributed by atoms with Gasteiger partial charge in [0.1, 0.15) is 5.57 Å². The molecule has 0 unspecified atom stereocenters. The predicted molar refractivity (Wildman–Crippen MR) is 34.0 cm³/mol. The van der Waals surface area contributed by atoms with Gasteiger partial charge in [0.25, 0.3) is 5.24 Å². The lowest BCUT2D eigenvalue weighted by Gasteiger charge is -1.87. The van der Waals surface area contributed by atoms with E-state index in [1.807, 2.05) is 0 Å². The highest BCUT2D eigenvalue weighted by molar-refractivity contribution is 7.90. The van der Waals surface area contributed by atoms with Crippen LogP contribution in [0.25, 0.3) is 0 Å². The van der Waals surface area contributed by atoms with Crippen molar-refractivity contribution in [1.82, 2.24) is 0 Å². The van der Waals surface area contributed by atoms with Crippen LogP contribution in [0.2, 0.25) is 0 Å². The Morgan fingerprint density at radius 1 is 1.55 bits per heavy atom. The second-order valence-corrected chi connectivity index (χ2v) is 3.40. The molecule has 0 aliphatic carbocycles. The molecule has 0 amide bonds. The molecule has 11 heavy (non-hydrogen) atoms. The van der Waals surface area contributed by atoms with E-state index in [0.717, 1.165) is 0 Å². The predicted octanol–water partition coefficient (Wildman–Crippen LogP) is -0.478. The quantitative estimate of drug-likeness (QED) is 0.322. The molecule has 0 radical (unpaired) electrons. The van der Waals surface area contributed by atoms with Gasteiger partial charge in [-0.2, -0.15) is 8.42 Å². The Morgan fingerprint density at radius 2 is 2.09 bits per heavy atom. The van der Waals surface area contributed by atoms with Crippen LogP contribution in [0.15, 0.2) is 11.0 Å². The Balaban J connectivity index is 3.18. The van der Waals surface area contributed by atoms with Crippen LogP contribution in [-0.4, -0.2) is 19.6 Å². The van der Waals surface area contributed by atoms with Gasteiger partial charge >= 0.3 is 16.1 Å².